The molecule has 1 aromatic heterocycles. The molecule has 0 aliphatic rings. The molecule has 4 heteroatoms. The Labute approximate surface area is 117 Å². The highest BCUT2D eigenvalue weighted by molar-refractivity contribution is 7.12. The van der Waals surface area contributed by atoms with Crippen LogP contribution in [-0.4, -0.2) is 12.2 Å². The molecule has 0 atom stereocenters. The quantitative estimate of drug-likeness (QED) is 0.877. The zero-order chi connectivity index (χ0) is 13.4. The van der Waals surface area contributed by atoms with Crippen LogP contribution in [-0.2, 0) is 6.54 Å². The third kappa shape index (κ3) is 4.18. The Balaban J connectivity index is 0.000000771. The van der Waals surface area contributed by atoms with Crippen LogP contribution in [0.4, 0.5) is 5.69 Å². The highest BCUT2D eigenvalue weighted by atomic mass is 35.5. The topological polar surface area (TPSA) is 32.3 Å². The SMILES string of the molecule is C=Cc1ccc(CNc2ccccc2Cl)s1.CO. The smallest absolute Gasteiger partial charge is 0.0637 e. The molecule has 1 heterocycles. The van der Waals surface area contributed by atoms with E-state index in [0.29, 0.717) is 0 Å². The van der Waals surface area contributed by atoms with Gasteiger partial charge in [-0.3, -0.25) is 0 Å². The van der Waals surface area contributed by atoms with E-state index in [2.05, 4.69) is 24.0 Å². The summed E-state index contributed by atoms with van der Waals surface area (Å²) in [6.45, 7) is 4.54. The number of nitrogens with one attached hydrogen (secondary N) is 1. The molecule has 0 aliphatic carbocycles. The molecule has 0 unspecified atom stereocenters. The standard InChI is InChI=1S/C13H12ClNS.CH4O/c1-2-10-7-8-11(16-10)9-15-13-6-4-3-5-12(13)14;1-2/h2-8,15H,1,9H2;2H,1H3. The minimum atomic E-state index is 0.753. The lowest BCUT2D eigenvalue weighted by Gasteiger charge is -2.06. The van der Waals surface area contributed by atoms with E-state index < -0.39 is 0 Å². The lowest BCUT2D eigenvalue weighted by atomic mass is 10.3. The first-order valence-electron chi connectivity index (χ1n) is 5.44. The summed E-state index contributed by atoms with van der Waals surface area (Å²) in [7, 11) is 1.00. The molecule has 0 saturated carbocycles. The molecule has 0 radical (unpaired) electrons. The number of benzene rings is 1. The molecule has 2 nitrogen and oxygen atoms in total. The fourth-order valence-electron chi connectivity index (χ4n) is 1.39. The van der Waals surface area contributed by atoms with Gasteiger partial charge in [-0.1, -0.05) is 36.4 Å². The van der Waals surface area contributed by atoms with Crippen molar-refractivity contribution in [3.63, 3.8) is 0 Å². The predicted octanol–water partition coefficient (Wildman–Crippen LogP) is 4.27. The molecule has 2 N–H and O–H groups in total. The fraction of sp³-hybridized carbons (Fsp3) is 0.143. The van der Waals surface area contributed by atoms with Crippen LogP contribution in [0, 0.1) is 0 Å². The summed E-state index contributed by atoms with van der Waals surface area (Å²) in [5.74, 6) is 0. The fourth-order valence-corrected chi connectivity index (χ4v) is 2.39. The summed E-state index contributed by atoms with van der Waals surface area (Å²) in [4.78, 5) is 2.46. The Morgan fingerprint density at radius 2 is 2.00 bits per heavy atom. The van der Waals surface area contributed by atoms with Gasteiger partial charge in [0.2, 0.25) is 0 Å². The third-order valence-electron chi connectivity index (χ3n) is 2.21. The van der Waals surface area contributed by atoms with Gasteiger partial charge in [0, 0.05) is 23.4 Å². The summed E-state index contributed by atoms with van der Waals surface area (Å²) >= 11 is 7.78. The Morgan fingerprint density at radius 1 is 1.28 bits per heavy atom. The van der Waals surface area contributed by atoms with Gasteiger partial charge in [-0.15, -0.1) is 11.3 Å². The van der Waals surface area contributed by atoms with Gasteiger partial charge < -0.3 is 10.4 Å². The summed E-state index contributed by atoms with van der Waals surface area (Å²) in [5, 5.41) is 11.1. The van der Waals surface area contributed by atoms with Gasteiger partial charge in [-0.25, -0.2) is 0 Å². The highest BCUT2D eigenvalue weighted by Crippen LogP contribution is 2.23. The molecule has 96 valence electrons. The third-order valence-corrected chi connectivity index (χ3v) is 3.62. The second-order valence-electron chi connectivity index (χ2n) is 3.34. The van der Waals surface area contributed by atoms with Gasteiger partial charge in [-0.2, -0.15) is 0 Å². The van der Waals surface area contributed by atoms with Crippen molar-refractivity contribution in [2.75, 3.05) is 12.4 Å². The summed E-state index contributed by atoms with van der Waals surface area (Å²) in [6.07, 6.45) is 1.86. The number of aliphatic hydroxyl groups excluding tert-OH is 1. The van der Waals surface area contributed by atoms with Crippen molar-refractivity contribution in [2.45, 2.75) is 6.54 Å². The van der Waals surface area contributed by atoms with Crippen molar-refractivity contribution in [3.8, 4) is 0 Å². The molecule has 18 heavy (non-hydrogen) atoms. The predicted molar refractivity (Wildman–Crippen MR) is 81.3 cm³/mol. The van der Waals surface area contributed by atoms with Crippen LogP contribution < -0.4 is 5.32 Å². The molecule has 0 saturated heterocycles. The second kappa shape index (κ2) is 7.93. The van der Waals surface area contributed by atoms with Crippen molar-refractivity contribution >= 4 is 34.7 Å². The number of hydrogen-bond donors (Lipinski definition) is 2. The van der Waals surface area contributed by atoms with E-state index in [1.54, 1.807) is 11.3 Å². The van der Waals surface area contributed by atoms with Gasteiger partial charge in [-0.05, 0) is 24.3 Å². The summed E-state index contributed by atoms with van der Waals surface area (Å²) in [6, 6.07) is 11.9. The van der Waals surface area contributed by atoms with Crippen LogP contribution in [0.15, 0.2) is 43.0 Å². The minimum absolute atomic E-state index is 0.753. The van der Waals surface area contributed by atoms with Crippen LogP contribution in [0.2, 0.25) is 5.02 Å². The van der Waals surface area contributed by atoms with Gasteiger partial charge in [0.25, 0.3) is 0 Å². The number of thiophene rings is 1. The molecular formula is C14H16ClNOS. The van der Waals surface area contributed by atoms with Crippen molar-refractivity contribution in [1.82, 2.24) is 0 Å². The van der Waals surface area contributed by atoms with Crippen LogP contribution in [0.1, 0.15) is 9.75 Å². The molecule has 0 spiro atoms. The number of halogens is 1. The Morgan fingerprint density at radius 3 is 2.61 bits per heavy atom. The molecular weight excluding hydrogens is 266 g/mol. The van der Waals surface area contributed by atoms with Gasteiger partial charge in [0.1, 0.15) is 0 Å². The van der Waals surface area contributed by atoms with E-state index in [1.165, 1.54) is 9.75 Å². The molecule has 1 aromatic carbocycles. The maximum Gasteiger partial charge on any atom is 0.0637 e. The van der Waals surface area contributed by atoms with Crippen LogP contribution in [0.3, 0.4) is 0 Å². The number of rotatable bonds is 4. The van der Waals surface area contributed by atoms with Crippen LogP contribution >= 0.6 is 22.9 Å². The highest BCUT2D eigenvalue weighted by Gasteiger charge is 2.00. The second-order valence-corrected chi connectivity index (χ2v) is 4.95. The van der Waals surface area contributed by atoms with E-state index in [0.717, 1.165) is 24.4 Å². The largest absolute Gasteiger partial charge is 0.400 e. The monoisotopic (exact) mass is 281 g/mol. The van der Waals surface area contributed by atoms with Gasteiger partial charge in [0.15, 0.2) is 0 Å². The van der Waals surface area contributed by atoms with Crippen molar-refractivity contribution in [1.29, 1.82) is 0 Å². The molecule has 0 bridgehead atoms. The Bertz CT molecular complexity index is 496. The lowest BCUT2D eigenvalue weighted by molar-refractivity contribution is 0.399. The first-order chi connectivity index (χ1) is 8.79. The van der Waals surface area contributed by atoms with E-state index in [4.69, 9.17) is 16.7 Å². The van der Waals surface area contributed by atoms with Crippen molar-refractivity contribution in [2.24, 2.45) is 0 Å². The summed E-state index contributed by atoms with van der Waals surface area (Å²) in [5.41, 5.74) is 0.970. The zero-order valence-corrected chi connectivity index (χ0v) is 11.8. The Kier molecular flexibility index (Phi) is 6.50. The number of anilines is 1. The maximum atomic E-state index is 7.00. The first kappa shape index (κ1) is 14.8. The van der Waals surface area contributed by atoms with E-state index in [9.17, 15) is 0 Å². The Hall–Kier alpha value is -1.29. The average molecular weight is 282 g/mol. The van der Waals surface area contributed by atoms with E-state index in [-0.39, 0.29) is 0 Å². The number of aliphatic hydroxyl groups is 1. The van der Waals surface area contributed by atoms with E-state index >= 15 is 0 Å². The average Bonchev–Trinajstić information content (AvgIpc) is 2.88. The molecule has 0 fully saturated rings. The number of para-hydroxylation sites is 1. The molecule has 2 rings (SSSR count). The van der Waals surface area contributed by atoms with Crippen molar-refractivity contribution in [3.05, 3.63) is 57.8 Å². The molecule has 0 aliphatic heterocycles. The maximum absolute atomic E-state index is 7.00. The molecule has 0 amide bonds. The number of hydrogen-bond acceptors (Lipinski definition) is 3. The normalized spacial score (nSPS) is 9.28. The van der Waals surface area contributed by atoms with Crippen molar-refractivity contribution < 1.29 is 5.11 Å². The summed E-state index contributed by atoms with van der Waals surface area (Å²) < 4.78 is 0. The van der Waals surface area contributed by atoms with Crippen LogP contribution in [0.5, 0.6) is 0 Å². The zero-order valence-electron chi connectivity index (χ0n) is 10.2. The lowest BCUT2D eigenvalue weighted by Crippen LogP contribution is -1.97. The minimum Gasteiger partial charge on any atom is -0.400 e. The van der Waals surface area contributed by atoms with Crippen LogP contribution in [0.25, 0.3) is 6.08 Å². The van der Waals surface area contributed by atoms with Gasteiger partial charge >= 0.3 is 0 Å². The van der Waals surface area contributed by atoms with Gasteiger partial charge in [0.05, 0.1) is 10.7 Å². The van der Waals surface area contributed by atoms with E-state index in [1.807, 2.05) is 30.3 Å². The molecule has 2 aromatic rings. The first-order valence-corrected chi connectivity index (χ1v) is 6.63.